The molecule has 2 N–H and O–H groups in total. The van der Waals surface area contributed by atoms with Gasteiger partial charge >= 0.3 is 12.1 Å². The lowest BCUT2D eigenvalue weighted by molar-refractivity contribution is -0.173. The van der Waals surface area contributed by atoms with E-state index in [4.69, 9.17) is 57.8 Å². The summed E-state index contributed by atoms with van der Waals surface area (Å²) in [6, 6.07) is 46.9. The first-order chi connectivity index (χ1) is 71.4. The molecule has 0 radical (unpaired) electrons. The van der Waals surface area contributed by atoms with Crippen LogP contribution in [0, 0.1) is 5.92 Å². The van der Waals surface area contributed by atoms with E-state index in [0.717, 1.165) is 194 Å². The standard InChI is InChI=1S/C30H38N6O3.C28H34N6O2.C26H28F2N6O2.C25H25F3N6O3/c1-30(2,37)22-8-10-35(11-9-22)12-13-36(24-14-25(38-4)17-26(15-24)39-5)23-6-7-27-28(16-23)33-29(19-31-27)21-18-32-34(3)20-21;1-32-20-21(18-30-32)28-19-29-26-9-8-22(16-27(26)31-28)34(13-7-12-33-10-5-4-6-11-33)23-14-24(35-2)17-25(15-23)36-3;1-32-15-18(13-30-32)25-14-29-23-6-5-19(11-24(23)31-25)34(8-4-7-33-16-26(27,28)17-33)20-9-21(35-2)12-22(10-20)36-3;1-33-15-16(13-31-33)23-14-30-21-6-5-17(11-22(21)32-23)34(8-4-7-29-24(35)25(26,27)28)18-9-19(36-2)12-20(10-18)37-3/h6-7,14-20,22,37H,8-13H2,1-5H3;8-9,14-20H,4-7,10-13H2,1-3H3;5-6,9-15H,4,7-8,16-17H2,1-3H3;5-6,9-15H,4,7-8H2,1-3H3,(H,29,35). The summed E-state index contributed by atoms with van der Waals surface area (Å²) in [7, 11) is 20.5. The molecule has 19 rings (SSSR count). The number of piperidine rings is 2. The average molecular weight is 2030 g/mol. The smallest absolute Gasteiger partial charge is 0.471 e. The second-order valence-corrected chi connectivity index (χ2v) is 37.3. The molecule has 39 heteroatoms. The first kappa shape index (κ1) is 105. The molecule has 0 unspecified atom stereocenters. The molecule has 3 aliphatic heterocycles. The van der Waals surface area contributed by atoms with Gasteiger partial charge in [-0.25, -0.2) is 28.7 Å². The van der Waals surface area contributed by atoms with E-state index in [1.807, 2.05) is 180 Å². The van der Waals surface area contributed by atoms with Gasteiger partial charge in [0.2, 0.25) is 0 Å². The summed E-state index contributed by atoms with van der Waals surface area (Å²) in [5, 5.41) is 29.3. The number of amides is 1. The summed E-state index contributed by atoms with van der Waals surface area (Å²) in [6.45, 7) is 12.8. The van der Waals surface area contributed by atoms with Crippen LogP contribution in [0.2, 0.25) is 0 Å². The van der Waals surface area contributed by atoms with Crippen LogP contribution in [0.25, 0.3) is 89.2 Å². The Balaban J connectivity index is 0.000000141. The van der Waals surface area contributed by atoms with Crippen molar-refractivity contribution in [2.24, 2.45) is 34.1 Å². The Morgan fingerprint density at radius 2 is 0.649 bits per heavy atom. The SMILES string of the molecule is COc1cc(OC)cc(N(CCCN2CC(F)(F)C2)c2ccc3ncc(-c4cnn(C)c4)nc3c2)c1.COc1cc(OC)cc(N(CCCN2CCCCC2)c2ccc3ncc(-c4cnn(C)c4)nc3c2)c1.COc1cc(OC)cc(N(CCCNC(=O)C(F)(F)F)c2ccc3ncc(-c4cnn(C)c4)nc3c2)c1.COc1cc(OC)cc(N(CCN2CCC(C(C)(C)O)CC2)c2ccc3ncc(-c4cnn(C)c4)nc3c2)c1. The highest BCUT2D eigenvalue weighted by Crippen LogP contribution is 2.42. The number of fused-ring (bicyclic) bond motifs is 4. The maximum absolute atomic E-state index is 13.3. The van der Waals surface area contributed by atoms with Crippen molar-refractivity contribution in [3.63, 3.8) is 0 Å². The topological polar surface area (TPSA) is 320 Å². The van der Waals surface area contributed by atoms with Crippen molar-refractivity contribution in [1.29, 1.82) is 0 Å². The van der Waals surface area contributed by atoms with Gasteiger partial charge in [0.1, 0.15) is 46.0 Å². The van der Waals surface area contributed by atoms with Gasteiger partial charge in [-0.1, -0.05) is 6.42 Å². The number of aromatic nitrogens is 16. The highest BCUT2D eigenvalue weighted by molar-refractivity contribution is 5.88. The molecule has 0 bridgehead atoms. The summed E-state index contributed by atoms with van der Waals surface area (Å²) in [4.78, 5) is 64.5. The van der Waals surface area contributed by atoms with Crippen molar-refractivity contribution >= 4 is 95.5 Å². The maximum atomic E-state index is 13.3. The van der Waals surface area contributed by atoms with E-state index in [1.54, 1.807) is 122 Å². The molecule has 8 aromatic heterocycles. The fourth-order valence-electron chi connectivity index (χ4n) is 18.4. The minimum absolute atomic E-state index is 0.158. The molecule has 0 spiro atoms. The van der Waals surface area contributed by atoms with Crippen molar-refractivity contribution in [2.75, 3.05) is 168 Å². The Labute approximate surface area is 855 Å². The summed E-state index contributed by atoms with van der Waals surface area (Å²) in [5.41, 5.74) is 19.4. The number of ether oxygens (including phenoxy) is 8. The largest absolute Gasteiger partial charge is 0.497 e. The molecule has 3 saturated heterocycles. The van der Waals surface area contributed by atoms with Crippen molar-refractivity contribution in [3.05, 3.63) is 220 Å². The third kappa shape index (κ3) is 27.0. The predicted molar refractivity (Wildman–Crippen MR) is 563 cm³/mol. The van der Waals surface area contributed by atoms with Crippen LogP contribution in [0.1, 0.15) is 65.2 Å². The highest BCUT2D eigenvalue weighted by Gasteiger charge is 2.43. The number of nitrogens with one attached hydrogen (secondary N) is 1. The summed E-state index contributed by atoms with van der Waals surface area (Å²) in [6.07, 6.45) is 24.7. The third-order valence-electron chi connectivity index (χ3n) is 26.3. The zero-order valence-corrected chi connectivity index (χ0v) is 85.7. The molecule has 34 nitrogen and oxygen atoms in total. The number of anilines is 8. The van der Waals surface area contributed by atoms with Crippen LogP contribution in [0.15, 0.2) is 220 Å². The first-order valence-corrected chi connectivity index (χ1v) is 49.1. The van der Waals surface area contributed by atoms with Crippen LogP contribution >= 0.6 is 0 Å². The van der Waals surface area contributed by atoms with E-state index in [1.165, 1.54) is 46.6 Å². The number of carbonyl (C=O) groups is 1. The molecule has 776 valence electrons. The number of carbonyl (C=O) groups excluding carboxylic acids is 1. The van der Waals surface area contributed by atoms with Crippen molar-refractivity contribution in [3.8, 4) is 91.0 Å². The van der Waals surface area contributed by atoms with Crippen molar-refractivity contribution < 1.29 is 69.7 Å². The fourth-order valence-corrected chi connectivity index (χ4v) is 18.4. The minimum Gasteiger partial charge on any atom is -0.497 e. The van der Waals surface area contributed by atoms with Crippen molar-refractivity contribution in [2.45, 2.75) is 82.9 Å². The number of methoxy groups -OCH3 is 8. The number of rotatable bonds is 36. The van der Waals surface area contributed by atoms with Gasteiger partial charge in [-0.15, -0.1) is 0 Å². The number of aryl methyl sites for hydroxylation is 4. The maximum Gasteiger partial charge on any atom is 0.471 e. The molecule has 148 heavy (non-hydrogen) atoms. The van der Waals surface area contributed by atoms with Crippen LogP contribution in [-0.4, -0.2) is 271 Å². The Bertz CT molecular complexity index is 7110. The Morgan fingerprint density at radius 1 is 0.365 bits per heavy atom. The average Bonchev–Trinajstić information content (AvgIpc) is 1.12. The number of benzene rings is 8. The van der Waals surface area contributed by atoms with Gasteiger partial charge < -0.3 is 77.7 Å². The predicted octanol–water partition coefficient (Wildman–Crippen LogP) is 18.5. The second-order valence-electron chi connectivity index (χ2n) is 37.3. The molecule has 16 aromatic rings. The van der Waals surface area contributed by atoms with Gasteiger partial charge in [0.05, 0.1) is 192 Å². The third-order valence-corrected chi connectivity index (χ3v) is 26.3. The van der Waals surface area contributed by atoms with E-state index in [-0.39, 0.29) is 32.6 Å². The highest BCUT2D eigenvalue weighted by atomic mass is 19.4. The number of hydrogen-bond donors (Lipinski definition) is 2. The summed E-state index contributed by atoms with van der Waals surface area (Å²) >= 11 is 0. The number of halogens is 5. The number of aliphatic hydroxyl groups is 1. The number of hydrogen-bond acceptors (Lipinski definition) is 29. The van der Waals surface area contributed by atoms with E-state index < -0.39 is 23.6 Å². The number of likely N-dealkylation sites (tertiary alicyclic amines) is 3. The van der Waals surface area contributed by atoms with Gasteiger partial charge in [0.15, 0.2) is 0 Å². The van der Waals surface area contributed by atoms with Crippen LogP contribution in [-0.2, 0) is 33.0 Å². The van der Waals surface area contributed by atoms with Gasteiger partial charge in [0.25, 0.3) is 5.92 Å². The molecule has 0 saturated carbocycles. The molecule has 1 amide bonds. The normalized spacial score (nSPS) is 13.9. The molecule has 8 aromatic carbocycles. The summed E-state index contributed by atoms with van der Waals surface area (Å²) < 4.78 is 115. The molecule has 0 atom stereocenters. The molecule has 3 fully saturated rings. The lowest BCUT2D eigenvalue weighted by atomic mass is 9.83. The van der Waals surface area contributed by atoms with Crippen LogP contribution < -0.4 is 62.8 Å². The minimum atomic E-state index is -4.93. The van der Waals surface area contributed by atoms with E-state index in [9.17, 15) is 31.9 Å². The Hall–Kier alpha value is -15.5. The van der Waals surface area contributed by atoms with E-state index in [2.05, 4.69) is 101 Å². The molecular formula is C109H125F5N24O10. The first-order valence-electron chi connectivity index (χ1n) is 49.1. The molecular weight excluding hydrogens is 1900 g/mol. The quantitative estimate of drug-likeness (QED) is 0.0272. The Morgan fingerprint density at radius 3 is 0.919 bits per heavy atom. The summed E-state index contributed by atoms with van der Waals surface area (Å²) in [5.74, 6) is 1.23. The molecule has 11 heterocycles. The van der Waals surface area contributed by atoms with Gasteiger partial charge in [-0.2, -0.15) is 33.6 Å². The lowest BCUT2D eigenvalue weighted by Gasteiger charge is -2.39. The van der Waals surface area contributed by atoms with E-state index in [0.29, 0.717) is 70.8 Å². The lowest BCUT2D eigenvalue weighted by Crippen LogP contribution is -2.56. The van der Waals surface area contributed by atoms with Crippen LogP contribution in [0.3, 0.4) is 0 Å². The Kier molecular flexibility index (Phi) is 34.0. The number of nitrogens with zero attached hydrogens (tertiary/aromatic N) is 23. The van der Waals surface area contributed by atoms with Crippen molar-refractivity contribution in [1.82, 2.24) is 99.0 Å². The van der Waals surface area contributed by atoms with Gasteiger partial charge in [-0.05, 0) is 170 Å². The van der Waals surface area contributed by atoms with Gasteiger partial charge in [-0.3, -0.25) is 48.4 Å². The van der Waals surface area contributed by atoms with Gasteiger partial charge in [0, 0.05) is 239 Å². The van der Waals surface area contributed by atoms with Crippen LogP contribution in [0.4, 0.5) is 67.5 Å². The molecule has 3 aliphatic rings. The fraction of sp³-hybridized carbons (Fsp3) is 0.367. The second kappa shape index (κ2) is 47.8. The zero-order chi connectivity index (χ0) is 104. The number of alkyl halides is 5. The molecule has 0 aliphatic carbocycles. The van der Waals surface area contributed by atoms with E-state index >= 15 is 0 Å². The monoisotopic (exact) mass is 2020 g/mol. The zero-order valence-electron chi connectivity index (χ0n) is 85.7. The van der Waals surface area contributed by atoms with Crippen LogP contribution in [0.5, 0.6) is 46.0 Å².